The van der Waals surface area contributed by atoms with Crippen LogP contribution in [0.5, 0.6) is 0 Å². The molecule has 0 amide bonds. The molecule has 0 aromatic rings. The Balaban J connectivity index is 1.65. The quantitative estimate of drug-likeness (QED) is 0.442. The van der Waals surface area contributed by atoms with Gasteiger partial charge in [-0.1, -0.05) is 53.2 Å². The molecule has 5 aliphatic carbocycles. The molecule has 0 saturated heterocycles. The number of carboxylic acid groups (broad SMARTS) is 1. The standard InChI is InChI=1S/C30H46O3/c1-18-10-15-30(25(32)33)17-16-28(6)20(24(30)19(18)2)8-9-22-27(5)13-12-23(31)26(3,4)21(27)11-14-29(22,28)7/h8,18,21-23,31H,9-17H2,1-7H3,(H,32,33)/t18-,21-,22-,23+,27+,28-,29-,30-/m1/s1. The van der Waals surface area contributed by atoms with Crippen molar-refractivity contribution in [3.63, 3.8) is 0 Å². The summed E-state index contributed by atoms with van der Waals surface area (Å²) in [6.07, 6.45) is 11.3. The number of fused-ring (bicyclic) bond motifs is 7. The first-order chi connectivity index (χ1) is 15.3. The number of aliphatic hydroxyl groups excluding tert-OH is 1. The van der Waals surface area contributed by atoms with Gasteiger partial charge in [-0.15, -0.1) is 0 Å². The third-order valence-corrected chi connectivity index (χ3v) is 12.8. The highest BCUT2D eigenvalue weighted by atomic mass is 16.4. The summed E-state index contributed by atoms with van der Waals surface area (Å²) in [5.41, 5.74) is 3.65. The van der Waals surface area contributed by atoms with Crippen LogP contribution in [0, 0.1) is 44.8 Å². The molecule has 5 aliphatic rings. The van der Waals surface area contributed by atoms with E-state index in [0.717, 1.165) is 44.9 Å². The van der Waals surface area contributed by atoms with E-state index in [-0.39, 0.29) is 27.8 Å². The highest BCUT2D eigenvalue weighted by Crippen LogP contribution is 2.75. The van der Waals surface area contributed by atoms with Gasteiger partial charge in [-0.3, -0.25) is 4.79 Å². The molecule has 0 spiro atoms. The predicted molar refractivity (Wildman–Crippen MR) is 133 cm³/mol. The zero-order chi connectivity index (χ0) is 24.2. The van der Waals surface area contributed by atoms with Gasteiger partial charge in [0.05, 0.1) is 11.5 Å². The van der Waals surface area contributed by atoms with Crippen LogP contribution in [0.4, 0.5) is 0 Å². The fraction of sp³-hybridized carbons (Fsp3) is 0.833. The zero-order valence-electron chi connectivity index (χ0n) is 22.1. The first-order valence-electron chi connectivity index (χ1n) is 13.6. The monoisotopic (exact) mass is 454 g/mol. The molecule has 0 radical (unpaired) electrons. The summed E-state index contributed by atoms with van der Waals surface area (Å²) in [7, 11) is 0. The molecule has 2 N–H and O–H groups in total. The van der Waals surface area contributed by atoms with Crippen LogP contribution in [-0.4, -0.2) is 22.3 Å². The maximum Gasteiger partial charge on any atom is 0.314 e. The van der Waals surface area contributed by atoms with Crippen molar-refractivity contribution in [1.82, 2.24) is 0 Å². The highest BCUT2D eigenvalue weighted by Gasteiger charge is 2.68. The average molecular weight is 455 g/mol. The Bertz CT molecular complexity index is 942. The fourth-order valence-corrected chi connectivity index (χ4v) is 10.2. The Hall–Kier alpha value is -1.09. The molecule has 3 heteroatoms. The third kappa shape index (κ3) is 2.69. The van der Waals surface area contributed by atoms with Gasteiger partial charge in [-0.05, 0) is 115 Å². The van der Waals surface area contributed by atoms with Gasteiger partial charge in [0.1, 0.15) is 0 Å². The van der Waals surface area contributed by atoms with Crippen molar-refractivity contribution in [3.05, 3.63) is 22.8 Å². The van der Waals surface area contributed by atoms with E-state index in [1.165, 1.54) is 29.6 Å². The van der Waals surface area contributed by atoms with Gasteiger partial charge in [-0.25, -0.2) is 0 Å². The Labute approximate surface area is 201 Å². The van der Waals surface area contributed by atoms with Crippen molar-refractivity contribution in [1.29, 1.82) is 0 Å². The van der Waals surface area contributed by atoms with Gasteiger partial charge >= 0.3 is 5.97 Å². The van der Waals surface area contributed by atoms with Crippen LogP contribution in [0.3, 0.4) is 0 Å². The fourth-order valence-electron chi connectivity index (χ4n) is 10.2. The molecule has 0 aromatic heterocycles. The average Bonchev–Trinajstić information content (AvgIpc) is 2.74. The first-order valence-corrected chi connectivity index (χ1v) is 13.6. The number of allylic oxidation sites excluding steroid dienone is 3. The van der Waals surface area contributed by atoms with E-state index in [4.69, 9.17) is 0 Å². The molecule has 0 heterocycles. The highest BCUT2D eigenvalue weighted by molar-refractivity contribution is 5.82. The molecule has 0 bridgehead atoms. The largest absolute Gasteiger partial charge is 0.481 e. The van der Waals surface area contributed by atoms with Crippen LogP contribution in [0.15, 0.2) is 22.8 Å². The molecule has 33 heavy (non-hydrogen) atoms. The molecule has 0 unspecified atom stereocenters. The molecule has 3 fully saturated rings. The molecule has 5 rings (SSSR count). The molecule has 3 saturated carbocycles. The predicted octanol–water partition coefficient (Wildman–Crippen LogP) is 7.15. The van der Waals surface area contributed by atoms with E-state index in [1.54, 1.807) is 0 Å². The smallest absolute Gasteiger partial charge is 0.314 e. The second-order valence-electron chi connectivity index (χ2n) is 14.0. The lowest BCUT2D eigenvalue weighted by atomic mass is 9.34. The minimum Gasteiger partial charge on any atom is -0.481 e. The van der Waals surface area contributed by atoms with Crippen molar-refractivity contribution in [2.24, 2.45) is 44.8 Å². The second kappa shape index (κ2) is 6.99. The number of rotatable bonds is 1. The van der Waals surface area contributed by atoms with E-state index in [9.17, 15) is 15.0 Å². The number of aliphatic hydroxyl groups is 1. The maximum absolute atomic E-state index is 12.8. The van der Waals surface area contributed by atoms with E-state index in [1.807, 2.05) is 0 Å². The molecular weight excluding hydrogens is 408 g/mol. The molecular formula is C30H46O3. The Kier molecular flexibility index (Phi) is 5.01. The molecule has 0 aromatic carbocycles. The van der Waals surface area contributed by atoms with E-state index >= 15 is 0 Å². The topological polar surface area (TPSA) is 57.5 Å². The lowest BCUT2D eigenvalue weighted by molar-refractivity contribution is -0.197. The zero-order valence-corrected chi connectivity index (χ0v) is 22.1. The van der Waals surface area contributed by atoms with Crippen LogP contribution < -0.4 is 0 Å². The van der Waals surface area contributed by atoms with Crippen LogP contribution in [0.2, 0.25) is 0 Å². The Morgan fingerprint density at radius 1 is 0.939 bits per heavy atom. The minimum absolute atomic E-state index is 0.0245. The van der Waals surface area contributed by atoms with Crippen molar-refractivity contribution in [3.8, 4) is 0 Å². The summed E-state index contributed by atoms with van der Waals surface area (Å²) in [4.78, 5) is 12.8. The van der Waals surface area contributed by atoms with Crippen LogP contribution in [0.1, 0.15) is 106 Å². The molecule has 3 nitrogen and oxygen atoms in total. The molecule has 8 atom stereocenters. The van der Waals surface area contributed by atoms with Crippen molar-refractivity contribution in [2.45, 2.75) is 112 Å². The van der Waals surface area contributed by atoms with Crippen molar-refractivity contribution < 1.29 is 15.0 Å². The van der Waals surface area contributed by atoms with Gasteiger partial charge < -0.3 is 10.2 Å². The summed E-state index contributed by atoms with van der Waals surface area (Å²) in [5, 5.41) is 21.4. The second-order valence-corrected chi connectivity index (χ2v) is 14.0. The third-order valence-electron chi connectivity index (χ3n) is 12.8. The summed E-state index contributed by atoms with van der Waals surface area (Å²) >= 11 is 0. The summed E-state index contributed by atoms with van der Waals surface area (Å²) < 4.78 is 0. The minimum atomic E-state index is -0.677. The number of hydrogen-bond acceptors (Lipinski definition) is 2. The van der Waals surface area contributed by atoms with E-state index in [2.05, 4.69) is 54.5 Å². The first kappa shape index (κ1) is 23.6. The lowest BCUT2D eigenvalue weighted by Gasteiger charge is -2.70. The Morgan fingerprint density at radius 2 is 1.64 bits per heavy atom. The number of hydrogen-bond donors (Lipinski definition) is 2. The van der Waals surface area contributed by atoms with E-state index < -0.39 is 11.4 Å². The molecule has 0 aliphatic heterocycles. The van der Waals surface area contributed by atoms with Crippen LogP contribution >= 0.6 is 0 Å². The van der Waals surface area contributed by atoms with Crippen LogP contribution in [-0.2, 0) is 4.79 Å². The van der Waals surface area contributed by atoms with Gasteiger partial charge in [0.25, 0.3) is 0 Å². The SMILES string of the molecule is CC1=C2C3=CC[C@@H]4[C@@]5(C)CC[C@H](O)C(C)(C)[C@H]5CC[C@@]4(C)[C@]3(C)CC[C@]2(C(=O)O)CC[C@H]1C. The van der Waals surface area contributed by atoms with Gasteiger partial charge in [0, 0.05) is 0 Å². The number of aliphatic carboxylic acids is 1. The number of carbonyl (C=O) groups is 1. The van der Waals surface area contributed by atoms with E-state index in [0.29, 0.717) is 17.8 Å². The van der Waals surface area contributed by atoms with Gasteiger partial charge in [0.15, 0.2) is 0 Å². The van der Waals surface area contributed by atoms with Crippen molar-refractivity contribution in [2.75, 3.05) is 0 Å². The van der Waals surface area contributed by atoms with Gasteiger partial charge in [0.2, 0.25) is 0 Å². The summed E-state index contributed by atoms with van der Waals surface area (Å²) in [6, 6.07) is 0. The summed E-state index contributed by atoms with van der Waals surface area (Å²) in [6.45, 7) is 16.7. The van der Waals surface area contributed by atoms with Gasteiger partial charge in [-0.2, -0.15) is 0 Å². The maximum atomic E-state index is 12.8. The number of carboxylic acids is 1. The lowest BCUT2D eigenvalue weighted by Crippen LogP contribution is -2.64. The van der Waals surface area contributed by atoms with Crippen LogP contribution in [0.25, 0.3) is 0 Å². The summed E-state index contributed by atoms with van der Waals surface area (Å²) in [5.74, 6) is 0.999. The van der Waals surface area contributed by atoms with Crippen molar-refractivity contribution >= 4 is 5.97 Å². The molecule has 184 valence electrons. The normalized spacial score (nSPS) is 51.0. The Morgan fingerprint density at radius 3 is 2.30 bits per heavy atom.